The van der Waals surface area contributed by atoms with E-state index in [1.807, 2.05) is 25.1 Å². The number of hydrogen-bond donors (Lipinski definition) is 1. The third-order valence-corrected chi connectivity index (χ3v) is 5.58. The molecule has 28 heavy (non-hydrogen) atoms. The summed E-state index contributed by atoms with van der Waals surface area (Å²) in [5.74, 6) is 1.09. The molecule has 2 heterocycles. The Balaban J connectivity index is 1.93. The Kier molecular flexibility index (Phi) is 6.74. The number of ether oxygens (including phenoxy) is 1. The minimum Gasteiger partial charge on any atom is -0.381 e. The van der Waals surface area contributed by atoms with E-state index in [0.29, 0.717) is 25.0 Å². The summed E-state index contributed by atoms with van der Waals surface area (Å²) in [4.78, 5) is 26.0. The van der Waals surface area contributed by atoms with Gasteiger partial charge in [-0.3, -0.25) is 9.69 Å². The maximum absolute atomic E-state index is 12.0. The molecule has 0 aliphatic carbocycles. The number of amides is 1. The number of anilines is 4. The van der Waals surface area contributed by atoms with Gasteiger partial charge in [-0.15, -0.1) is 11.8 Å². The predicted molar refractivity (Wildman–Crippen MR) is 115 cm³/mol. The standard InChI is InChI=1S/C20H27N5O2S/c1-14-11-16(28-4)5-6-17(14)22-20-21-12-18(24(2)3)19(23-20)25(13-26)15-7-9-27-10-8-15/h5-6,11-13,15H,7-10H2,1-4H3,(H,21,22,23). The van der Waals surface area contributed by atoms with Gasteiger partial charge in [0.2, 0.25) is 12.4 Å². The van der Waals surface area contributed by atoms with Crippen molar-refractivity contribution in [2.45, 2.75) is 30.7 Å². The van der Waals surface area contributed by atoms with E-state index in [9.17, 15) is 4.79 Å². The van der Waals surface area contributed by atoms with Crippen LogP contribution in [0.2, 0.25) is 0 Å². The van der Waals surface area contributed by atoms with Crippen LogP contribution in [-0.4, -0.2) is 56.0 Å². The van der Waals surface area contributed by atoms with Gasteiger partial charge in [-0.1, -0.05) is 0 Å². The van der Waals surface area contributed by atoms with Crippen LogP contribution in [0.5, 0.6) is 0 Å². The van der Waals surface area contributed by atoms with Crippen molar-refractivity contribution in [3.63, 3.8) is 0 Å². The van der Waals surface area contributed by atoms with Crippen molar-refractivity contribution in [1.82, 2.24) is 9.97 Å². The van der Waals surface area contributed by atoms with Crippen LogP contribution in [0.25, 0.3) is 0 Å². The summed E-state index contributed by atoms with van der Waals surface area (Å²) in [6, 6.07) is 6.30. The molecule has 8 heteroatoms. The lowest BCUT2D eigenvalue weighted by molar-refractivity contribution is -0.108. The Hall–Kier alpha value is -2.32. The SMILES string of the molecule is CSc1ccc(Nc2ncc(N(C)C)c(N(C=O)C3CCOCC3)n2)c(C)c1. The van der Waals surface area contributed by atoms with Gasteiger partial charge in [0.05, 0.1) is 11.9 Å². The van der Waals surface area contributed by atoms with Gasteiger partial charge in [-0.05, 0) is 49.8 Å². The first-order valence-electron chi connectivity index (χ1n) is 9.31. The molecular weight excluding hydrogens is 374 g/mol. The molecule has 0 unspecified atom stereocenters. The van der Waals surface area contributed by atoms with Crippen molar-refractivity contribution >= 4 is 41.3 Å². The fourth-order valence-electron chi connectivity index (χ4n) is 3.23. The maximum atomic E-state index is 12.0. The lowest BCUT2D eigenvalue weighted by Crippen LogP contribution is -2.40. The molecule has 3 rings (SSSR count). The zero-order chi connectivity index (χ0) is 20.1. The second-order valence-corrected chi connectivity index (χ2v) is 7.84. The lowest BCUT2D eigenvalue weighted by atomic mass is 10.1. The molecule has 0 saturated carbocycles. The van der Waals surface area contributed by atoms with E-state index in [1.165, 1.54) is 4.90 Å². The number of carbonyl (C=O) groups is 1. The van der Waals surface area contributed by atoms with Crippen LogP contribution >= 0.6 is 11.8 Å². The molecule has 7 nitrogen and oxygen atoms in total. The molecule has 2 aromatic rings. The summed E-state index contributed by atoms with van der Waals surface area (Å²) in [6.45, 7) is 3.36. The van der Waals surface area contributed by atoms with Crippen LogP contribution in [0.1, 0.15) is 18.4 Å². The number of nitrogens with zero attached hydrogens (tertiary/aromatic N) is 4. The first-order chi connectivity index (χ1) is 13.5. The minimum absolute atomic E-state index is 0.0790. The number of carbonyl (C=O) groups excluding carboxylic acids is 1. The Morgan fingerprint density at radius 2 is 2.04 bits per heavy atom. The van der Waals surface area contributed by atoms with Crippen LogP contribution in [0.4, 0.5) is 23.1 Å². The van der Waals surface area contributed by atoms with Crippen LogP contribution in [0.3, 0.4) is 0 Å². The zero-order valence-electron chi connectivity index (χ0n) is 16.8. The quantitative estimate of drug-likeness (QED) is 0.563. The van der Waals surface area contributed by atoms with E-state index in [1.54, 1.807) is 22.9 Å². The maximum Gasteiger partial charge on any atom is 0.229 e. The van der Waals surface area contributed by atoms with Gasteiger partial charge in [-0.2, -0.15) is 4.98 Å². The van der Waals surface area contributed by atoms with Gasteiger partial charge < -0.3 is 15.0 Å². The zero-order valence-corrected chi connectivity index (χ0v) is 17.6. The highest BCUT2D eigenvalue weighted by Gasteiger charge is 2.26. The van der Waals surface area contributed by atoms with Gasteiger partial charge in [-0.25, -0.2) is 4.98 Å². The van der Waals surface area contributed by atoms with Gasteiger partial charge in [0, 0.05) is 43.9 Å². The largest absolute Gasteiger partial charge is 0.381 e. The third kappa shape index (κ3) is 4.56. The Morgan fingerprint density at radius 1 is 1.29 bits per heavy atom. The first kappa shape index (κ1) is 20.4. The van der Waals surface area contributed by atoms with Gasteiger partial charge in [0.15, 0.2) is 5.82 Å². The highest BCUT2D eigenvalue weighted by atomic mass is 32.2. The normalized spacial score (nSPS) is 14.6. The van der Waals surface area contributed by atoms with E-state index in [2.05, 4.69) is 35.6 Å². The molecule has 0 radical (unpaired) electrons. The van der Waals surface area contributed by atoms with Crippen molar-refractivity contribution in [2.24, 2.45) is 0 Å². The number of rotatable bonds is 7. The minimum atomic E-state index is 0.0790. The molecule has 1 aromatic carbocycles. The number of aromatic nitrogens is 2. The molecule has 1 aromatic heterocycles. The summed E-state index contributed by atoms with van der Waals surface area (Å²) >= 11 is 1.71. The summed E-state index contributed by atoms with van der Waals surface area (Å²) in [6.07, 6.45) is 6.28. The first-order valence-corrected chi connectivity index (χ1v) is 10.5. The molecule has 0 atom stereocenters. The summed E-state index contributed by atoms with van der Waals surface area (Å²) in [5, 5.41) is 3.29. The van der Waals surface area contributed by atoms with Gasteiger partial charge >= 0.3 is 0 Å². The number of hydrogen-bond acceptors (Lipinski definition) is 7. The third-order valence-electron chi connectivity index (χ3n) is 4.85. The van der Waals surface area contributed by atoms with Crippen molar-refractivity contribution in [3.05, 3.63) is 30.0 Å². The lowest BCUT2D eigenvalue weighted by Gasteiger charge is -2.32. The van der Waals surface area contributed by atoms with Crippen LogP contribution < -0.4 is 15.1 Å². The molecule has 150 valence electrons. The average molecular weight is 402 g/mol. The second kappa shape index (κ2) is 9.25. The summed E-state index contributed by atoms with van der Waals surface area (Å²) in [5.41, 5.74) is 2.87. The number of benzene rings is 1. The van der Waals surface area contributed by atoms with E-state index in [4.69, 9.17) is 9.72 Å². The van der Waals surface area contributed by atoms with Crippen molar-refractivity contribution in [1.29, 1.82) is 0 Å². The van der Waals surface area contributed by atoms with E-state index >= 15 is 0 Å². The number of aryl methyl sites for hydroxylation is 1. The Labute approximate surface area is 170 Å². The number of thioether (sulfide) groups is 1. The van der Waals surface area contributed by atoms with Crippen LogP contribution in [0.15, 0.2) is 29.3 Å². The fourth-order valence-corrected chi connectivity index (χ4v) is 3.73. The summed E-state index contributed by atoms with van der Waals surface area (Å²) < 4.78 is 5.44. The highest BCUT2D eigenvalue weighted by Crippen LogP contribution is 2.31. The Morgan fingerprint density at radius 3 is 2.64 bits per heavy atom. The molecule has 0 spiro atoms. The van der Waals surface area contributed by atoms with Crippen molar-refractivity contribution in [2.75, 3.05) is 48.7 Å². The molecule has 0 bridgehead atoms. The molecule has 1 amide bonds. The molecule has 1 N–H and O–H groups in total. The van der Waals surface area contributed by atoms with E-state index in [-0.39, 0.29) is 6.04 Å². The van der Waals surface area contributed by atoms with Crippen LogP contribution in [0, 0.1) is 6.92 Å². The monoisotopic (exact) mass is 401 g/mol. The fraction of sp³-hybridized carbons (Fsp3) is 0.450. The predicted octanol–water partition coefficient (Wildman–Crippen LogP) is 3.46. The van der Waals surface area contributed by atoms with E-state index < -0.39 is 0 Å². The second-order valence-electron chi connectivity index (χ2n) is 6.96. The molecule has 1 saturated heterocycles. The van der Waals surface area contributed by atoms with Crippen molar-refractivity contribution in [3.8, 4) is 0 Å². The summed E-state index contributed by atoms with van der Waals surface area (Å²) in [7, 11) is 3.85. The Bertz CT molecular complexity index is 824. The molecule has 1 aliphatic heterocycles. The van der Waals surface area contributed by atoms with Crippen LogP contribution in [-0.2, 0) is 9.53 Å². The molecule has 1 aliphatic rings. The van der Waals surface area contributed by atoms with Gasteiger partial charge in [0.25, 0.3) is 0 Å². The average Bonchev–Trinajstić information content (AvgIpc) is 2.71. The highest BCUT2D eigenvalue weighted by molar-refractivity contribution is 7.98. The van der Waals surface area contributed by atoms with Crippen molar-refractivity contribution < 1.29 is 9.53 Å². The van der Waals surface area contributed by atoms with E-state index in [0.717, 1.165) is 36.2 Å². The molecular formula is C20H27N5O2S. The topological polar surface area (TPSA) is 70.6 Å². The van der Waals surface area contributed by atoms with Gasteiger partial charge in [0.1, 0.15) is 0 Å². The molecule has 1 fully saturated rings. The smallest absolute Gasteiger partial charge is 0.229 e. The number of nitrogens with one attached hydrogen (secondary N) is 1.